The van der Waals surface area contributed by atoms with E-state index in [1.165, 1.54) is 6.92 Å². The van der Waals surface area contributed by atoms with Gasteiger partial charge in [-0.15, -0.1) is 0 Å². The van der Waals surface area contributed by atoms with Crippen molar-refractivity contribution in [2.45, 2.75) is 39.7 Å². The van der Waals surface area contributed by atoms with Crippen LogP contribution in [0.2, 0.25) is 0 Å². The van der Waals surface area contributed by atoms with Crippen molar-refractivity contribution in [3.05, 3.63) is 0 Å². The van der Waals surface area contributed by atoms with Gasteiger partial charge in [0.05, 0.1) is 13.2 Å². The van der Waals surface area contributed by atoms with Gasteiger partial charge in [0.2, 0.25) is 0 Å². The highest BCUT2D eigenvalue weighted by atomic mass is 19.3. The summed E-state index contributed by atoms with van der Waals surface area (Å²) in [6, 6.07) is 0. The van der Waals surface area contributed by atoms with Crippen molar-refractivity contribution < 1.29 is 23.0 Å². The van der Waals surface area contributed by atoms with Crippen molar-refractivity contribution in [2.75, 3.05) is 13.2 Å². The van der Waals surface area contributed by atoms with Crippen LogP contribution in [-0.4, -0.2) is 25.3 Å². The molecule has 0 bridgehead atoms. The molecular formula is C10H18F2O3. The Hall–Kier alpha value is -0.710. The Kier molecular flexibility index (Phi) is 6.40. The molecule has 1 unspecified atom stereocenters. The maximum Gasteiger partial charge on any atom is 0.456 e. The lowest BCUT2D eigenvalue weighted by Gasteiger charge is -2.17. The molecule has 0 aliphatic carbocycles. The van der Waals surface area contributed by atoms with E-state index in [0.29, 0.717) is 0 Å². The fourth-order valence-corrected chi connectivity index (χ4v) is 1.10. The summed E-state index contributed by atoms with van der Waals surface area (Å²) in [4.78, 5) is 10.7. The molecule has 0 aromatic carbocycles. The van der Waals surface area contributed by atoms with Crippen LogP contribution in [0.1, 0.15) is 33.6 Å². The number of carbonyl (C=O) groups excluding carboxylic acids is 1. The molecule has 0 amide bonds. The maximum absolute atomic E-state index is 12.9. The zero-order valence-corrected chi connectivity index (χ0v) is 9.39. The largest absolute Gasteiger partial charge is 0.460 e. The number of hydrogen-bond acceptors (Lipinski definition) is 3. The molecule has 3 nitrogen and oxygen atoms in total. The van der Waals surface area contributed by atoms with E-state index in [9.17, 15) is 13.6 Å². The van der Waals surface area contributed by atoms with Gasteiger partial charge in [0.1, 0.15) is 0 Å². The third-order valence-electron chi connectivity index (χ3n) is 1.84. The lowest BCUT2D eigenvalue weighted by molar-refractivity contribution is -0.253. The number of hydrogen-bond donors (Lipinski definition) is 0. The van der Waals surface area contributed by atoms with Crippen molar-refractivity contribution in [1.82, 2.24) is 0 Å². The van der Waals surface area contributed by atoms with Crippen molar-refractivity contribution in [2.24, 2.45) is 5.92 Å². The topological polar surface area (TPSA) is 35.5 Å². The number of carbonyl (C=O) groups is 1. The molecule has 0 aliphatic heterocycles. The van der Waals surface area contributed by atoms with Gasteiger partial charge in [0, 0.05) is 0 Å². The monoisotopic (exact) mass is 224 g/mol. The summed E-state index contributed by atoms with van der Waals surface area (Å²) < 4.78 is 34.3. The molecule has 0 aromatic rings. The molecule has 5 heteroatoms. The zero-order chi connectivity index (χ0) is 11.9. The van der Waals surface area contributed by atoms with Crippen LogP contribution < -0.4 is 0 Å². The van der Waals surface area contributed by atoms with E-state index in [-0.39, 0.29) is 19.1 Å². The molecule has 0 saturated heterocycles. The van der Waals surface area contributed by atoms with E-state index in [1.54, 1.807) is 6.92 Å². The van der Waals surface area contributed by atoms with Gasteiger partial charge in [-0.2, -0.15) is 8.78 Å². The number of rotatable bonds is 7. The van der Waals surface area contributed by atoms with Gasteiger partial charge in [0.25, 0.3) is 0 Å². The average Bonchev–Trinajstić information content (AvgIpc) is 2.16. The number of halogens is 2. The highest BCUT2D eigenvalue weighted by Gasteiger charge is 2.42. The Bertz CT molecular complexity index is 195. The fraction of sp³-hybridized carbons (Fsp3) is 0.900. The third kappa shape index (κ3) is 5.67. The first-order valence-electron chi connectivity index (χ1n) is 5.13. The Labute approximate surface area is 88.7 Å². The molecule has 0 rings (SSSR count). The highest BCUT2D eigenvalue weighted by molar-refractivity contribution is 5.75. The van der Waals surface area contributed by atoms with Crippen molar-refractivity contribution in [1.29, 1.82) is 0 Å². The predicted octanol–water partition coefficient (Wildman–Crippen LogP) is 2.60. The lowest BCUT2D eigenvalue weighted by Crippen LogP contribution is -2.35. The van der Waals surface area contributed by atoms with Crippen LogP contribution in [0.25, 0.3) is 0 Å². The first kappa shape index (κ1) is 14.3. The molecular weight excluding hydrogens is 206 g/mol. The van der Waals surface area contributed by atoms with Crippen molar-refractivity contribution >= 4 is 5.97 Å². The summed E-state index contributed by atoms with van der Waals surface area (Å²) in [5, 5.41) is 0. The molecule has 0 radical (unpaired) electrons. The van der Waals surface area contributed by atoms with Crippen molar-refractivity contribution in [3.63, 3.8) is 0 Å². The second-order valence-corrected chi connectivity index (χ2v) is 3.44. The predicted molar refractivity (Wildman–Crippen MR) is 51.6 cm³/mol. The molecule has 1 atom stereocenters. The minimum absolute atomic E-state index is 0.00954. The quantitative estimate of drug-likeness (QED) is 0.623. The Morgan fingerprint density at radius 3 is 2.47 bits per heavy atom. The van der Waals surface area contributed by atoms with Gasteiger partial charge in [-0.05, 0) is 19.3 Å². The molecule has 15 heavy (non-hydrogen) atoms. The van der Waals surface area contributed by atoms with Crippen LogP contribution in [0, 0.1) is 5.92 Å². The SMILES string of the molecule is CCCC(C)COC(F)(F)C(=O)OCC. The highest BCUT2D eigenvalue weighted by Crippen LogP contribution is 2.19. The number of alkyl halides is 2. The Morgan fingerprint density at radius 2 is 2.00 bits per heavy atom. The normalized spacial score (nSPS) is 13.7. The molecule has 90 valence electrons. The van der Waals surface area contributed by atoms with Gasteiger partial charge in [0.15, 0.2) is 0 Å². The number of ether oxygens (including phenoxy) is 2. The van der Waals surface area contributed by atoms with E-state index in [4.69, 9.17) is 0 Å². The second kappa shape index (κ2) is 6.71. The van der Waals surface area contributed by atoms with E-state index in [0.717, 1.165) is 12.8 Å². The van der Waals surface area contributed by atoms with E-state index < -0.39 is 12.1 Å². The maximum atomic E-state index is 12.9. The molecule has 0 fully saturated rings. The van der Waals surface area contributed by atoms with Crippen LogP contribution in [0.5, 0.6) is 0 Å². The van der Waals surface area contributed by atoms with Gasteiger partial charge < -0.3 is 9.47 Å². The standard InChI is InChI=1S/C10H18F2O3/c1-4-6-8(3)7-15-10(11,12)9(13)14-5-2/h8H,4-7H2,1-3H3. The van der Waals surface area contributed by atoms with E-state index >= 15 is 0 Å². The zero-order valence-electron chi connectivity index (χ0n) is 9.39. The van der Waals surface area contributed by atoms with E-state index in [1.807, 2.05) is 6.92 Å². The van der Waals surface area contributed by atoms with Gasteiger partial charge >= 0.3 is 12.1 Å². The first-order chi connectivity index (χ1) is 6.94. The molecule has 0 spiro atoms. The summed E-state index contributed by atoms with van der Waals surface area (Å²) in [6.45, 7) is 5.00. The second-order valence-electron chi connectivity index (χ2n) is 3.44. The molecule has 0 saturated carbocycles. The molecule has 0 aromatic heterocycles. The summed E-state index contributed by atoms with van der Waals surface area (Å²) in [5.41, 5.74) is 0. The average molecular weight is 224 g/mol. The fourth-order valence-electron chi connectivity index (χ4n) is 1.10. The van der Waals surface area contributed by atoms with Gasteiger partial charge in [-0.1, -0.05) is 20.3 Å². The summed E-state index contributed by atoms with van der Waals surface area (Å²) in [5.74, 6) is -1.61. The van der Waals surface area contributed by atoms with Gasteiger partial charge in [-0.3, -0.25) is 0 Å². The number of esters is 1. The molecule has 0 heterocycles. The summed E-state index contributed by atoms with van der Waals surface area (Å²) in [7, 11) is 0. The summed E-state index contributed by atoms with van der Waals surface area (Å²) >= 11 is 0. The van der Waals surface area contributed by atoms with Crippen LogP contribution in [0.15, 0.2) is 0 Å². The molecule has 0 aliphatic rings. The van der Waals surface area contributed by atoms with Crippen LogP contribution in [-0.2, 0) is 14.3 Å². The van der Waals surface area contributed by atoms with Crippen molar-refractivity contribution in [3.8, 4) is 0 Å². The molecule has 0 N–H and O–H groups in total. The van der Waals surface area contributed by atoms with Crippen LogP contribution in [0.4, 0.5) is 8.78 Å². The smallest absolute Gasteiger partial charge is 0.456 e. The Morgan fingerprint density at radius 1 is 1.40 bits per heavy atom. The van der Waals surface area contributed by atoms with Crippen LogP contribution >= 0.6 is 0 Å². The van der Waals surface area contributed by atoms with Crippen LogP contribution in [0.3, 0.4) is 0 Å². The third-order valence-corrected chi connectivity index (χ3v) is 1.84. The minimum Gasteiger partial charge on any atom is -0.460 e. The Balaban J connectivity index is 3.97. The summed E-state index contributed by atoms with van der Waals surface area (Å²) in [6.07, 6.45) is -2.13. The first-order valence-corrected chi connectivity index (χ1v) is 5.13. The minimum atomic E-state index is -3.82. The van der Waals surface area contributed by atoms with Gasteiger partial charge in [-0.25, -0.2) is 4.79 Å². The lowest BCUT2D eigenvalue weighted by atomic mass is 10.1. The van der Waals surface area contributed by atoms with E-state index in [2.05, 4.69) is 9.47 Å².